The van der Waals surface area contributed by atoms with Gasteiger partial charge >= 0.3 is 0 Å². The van der Waals surface area contributed by atoms with Crippen LogP contribution >= 0.6 is 0 Å². The van der Waals surface area contributed by atoms with Gasteiger partial charge in [-0.25, -0.2) is 0 Å². The van der Waals surface area contributed by atoms with Crippen molar-refractivity contribution in [3.05, 3.63) is 0 Å². The molecule has 3 N–H and O–H groups in total. The highest BCUT2D eigenvalue weighted by Crippen LogP contribution is 2.35. The Labute approximate surface area is 90.5 Å². The van der Waals surface area contributed by atoms with E-state index in [1.54, 1.807) is 0 Å². The monoisotopic (exact) mass is 212 g/mol. The highest BCUT2D eigenvalue weighted by Gasteiger charge is 2.43. The van der Waals surface area contributed by atoms with Gasteiger partial charge in [0.2, 0.25) is 5.91 Å². The number of amides is 1. The zero-order chi connectivity index (χ0) is 10.9. The average Bonchev–Trinajstić information content (AvgIpc) is 2.76. The molecule has 3 unspecified atom stereocenters. The Hall–Kier alpha value is -0.610. The molecule has 15 heavy (non-hydrogen) atoms. The number of nitrogens with one attached hydrogen (secondary N) is 1. The van der Waals surface area contributed by atoms with Crippen LogP contribution in [0, 0.1) is 5.92 Å². The lowest BCUT2D eigenvalue weighted by Gasteiger charge is -2.20. The summed E-state index contributed by atoms with van der Waals surface area (Å²) in [6, 6.07) is 0.374. The number of ether oxygens (including phenoxy) is 1. The number of carbonyl (C=O) groups is 1. The molecule has 2 rings (SSSR count). The molecule has 1 saturated carbocycles. The van der Waals surface area contributed by atoms with E-state index in [4.69, 9.17) is 10.5 Å². The first-order chi connectivity index (χ1) is 7.15. The van der Waals surface area contributed by atoms with Crippen molar-refractivity contribution in [2.45, 2.75) is 44.2 Å². The predicted octanol–water partition coefficient (Wildman–Crippen LogP) is 0.409. The van der Waals surface area contributed by atoms with E-state index in [-0.39, 0.29) is 5.91 Å². The number of rotatable bonds is 4. The molecule has 0 aromatic heterocycles. The van der Waals surface area contributed by atoms with Gasteiger partial charge in [0.15, 0.2) is 0 Å². The van der Waals surface area contributed by atoms with E-state index in [9.17, 15) is 4.79 Å². The third-order valence-electron chi connectivity index (χ3n) is 3.40. The van der Waals surface area contributed by atoms with E-state index in [2.05, 4.69) is 12.2 Å². The lowest BCUT2D eigenvalue weighted by atomic mass is 9.99. The summed E-state index contributed by atoms with van der Waals surface area (Å²) in [7, 11) is 0. The van der Waals surface area contributed by atoms with Crippen molar-refractivity contribution in [1.82, 2.24) is 5.32 Å². The smallest absolute Gasteiger partial charge is 0.242 e. The molecule has 1 saturated heterocycles. The zero-order valence-electron chi connectivity index (χ0n) is 9.29. The van der Waals surface area contributed by atoms with Gasteiger partial charge in [0.05, 0.1) is 6.61 Å². The minimum absolute atomic E-state index is 0.0244. The molecule has 2 fully saturated rings. The maximum absolute atomic E-state index is 11.9. The molecule has 0 aromatic carbocycles. The van der Waals surface area contributed by atoms with E-state index in [1.165, 1.54) is 12.8 Å². The molecule has 3 atom stereocenters. The van der Waals surface area contributed by atoms with E-state index in [0.717, 1.165) is 6.42 Å². The zero-order valence-corrected chi connectivity index (χ0v) is 9.29. The van der Waals surface area contributed by atoms with Gasteiger partial charge in [0.1, 0.15) is 5.54 Å². The maximum Gasteiger partial charge on any atom is 0.242 e. The number of hydrogen-bond donors (Lipinski definition) is 2. The van der Waals surface area contributed by atoms with Crippen molar-refractivity contribution in [3.8, 4) is 0 Å². The Bertz CT molecular complexity index is 249. The Morgan fingerprint density at radius 1 is 1.67 bits per heavy atom. The minimum atomic E-state index is -0.765. The van der Waals surface area contributed by atoms with Crippen LogP contribution in [0.2, 0.25) is 0 Å². The van der Waals surface area contributed by atoms with Crippen LogP contribution in [0.5, 0.6) is 0 Å². The largest absolute Gasteiger partial charge is 0.379 e. The van der Waals surface area contributed by atoms with Gasteiger partial charge in [0.25, 0.3) is 0 Å². The van der Waals surface area contributed by atoms with E-state index >= 15 is 0 Å². The second-order valence-corrected chi connectivity index (χ2v) is 4.82. The van der Waals surface area contributed by atoms with Crippen molar-refractivity contribution < 1.29 is 9.53 Å². The Morgan fingerprint density at radius 2 is 2.47 bits per heavy atom. The average molecular weight is 212 g/mol. The van der Waals surface area contributed by atoms with E-state index in [1.807, 2.05) is 0 Å². The summed E-state index contributed by atoms with van der Waals surface area (Å²) in [5.74, 6) is 0.661. The van der Waals surface area contributed by atoms with Crippen LogP contribution in [-0.4, -0.2) is 30.7 Å². The molecular formula is C11H20N2O2. The SMILES string of the molecule is CCCC1CC1NC(=O)C1(N)CCOC1. The molecule has 86 valence electrons. The van der Waals surface area contributed by atoms with Gasteiger partial charge in [-0.05, 0) is 25.2 Å². The van der Waals surface area contributed by atoms with Crippen molar-refractivity contribution in [3.63, 3.8) is 0 Å². The fourth-order valence-corrected chi connectivity index (χ4v) is 2.19. The molecule has 1 heterocycles. The summed E-state index contributed by atoms with van der Waals surface area (Å²) in [4.78, 5) is 11.9. The van der Waals surface area contributed by atoms with Crippen LogP contribution in [-0.2, 0) is 9.53 Å². The topological polar surface area (TPSA) is 64.4 Å². The lowest BCUT2D eigenvalue weighted by molar-refractivity contribution is -0.126. The van der Waals surface area contributed by atoms with Crippen LogP contribution in [0.1, 0.15) is 32.6 Å². The van der Waals surface area contributed by atoms with Crippen molar-refractivity contribution in [2.75, 3.05) is 13.2 Å². The lowest BCUT2D eigenvalue weighted by Crippen LogP contribution is -2.55. The van der Waals surface area contributed by atoms with E-state index in [0.29, 0.717) is 31.6 Å². The van der Waals surface area contributed by atoms with Crippen LogP contribution in [0.4, 0.5) is 0 Å². The molecule has 0 bridgehead atoms. The van der Waals surface area contributed by atoms with E-state index < -0.39 is 5.54 Å². The van der Waals surface area contributed by atoms with Gasteiger partial charge in [-0.1, -0.05) is 13.3 Å². The summed E-state index contributed by atoms with van der Waals surface area (Å²) in [6.07, 6.45) is 4.16. The summed E-state index contributed by atoms with van der Waals surface area (Å²) >= 11 is 0. The Morgan fingerprint density at radius 3 is 3.07 bits per heavy atom. The normalized spacial score (nSPS) is 39.1. The number of carbonyl (C=O) groups excluding carboxylic acids is 1. The first-order valence-electron chi connectivity index (χ1n) is 5.83. The van der Waals surface area contributed by atoms with Crippen LogP contribution in [0.15, 0.2) is 0 Å². The summed E-state index contributed by atoms with van der Waals surface area (Å²) in [5.41, 5.74) is 5.20. The van der Waals surface area contributed by atoms with Gasteiger partial charge < -0.3 is 15.8 Å². The molecule has 0 radical (unpaired) electrons. The van der Waals surface area contributed by atoms with Crippen LogP contribution in [0.25, 0.3) is 0 Å². The first-order valence-corrected chi connectivity index (χ1v) is 5.83. The quantitative estimate of drug-likeness (QED) is 0.709. The molecule has 2 aliphatic rings. The molecule has 1 aliphatic carbocycles. The third kappa shape index (κ3) is 2.32. The second kappa shape index (κ2) is 4.10. The fraction of sp³-hybridized carbons (Fsp3) is 0.909. The van der Waals surface area contributed by atoms with Gasteiger partial charge in [-0.3, -0.25) is 4.79 Å². The maximum atomic E-state index is 11.9. The number of nitrogens with two attached hydrogens (primary N) is 1. The molecule has 1 amide bonds. The van der Waals surface area contributed by atoms with Crippen LogP contribution in [0.3, 0.4) is 0 Å². The highest BCUT2D eigenvalue weighted by atomic mass is 16.5. The van der Waals surface area contributed by atoms with Crippen molar-refractivity contribution >= 4 is 5.91 Å². The molecule has 0 aromatic rings. The Balaban J connectivity index is 1.78. The van der Waals surface area contributed by atoms with Crippen LogP contribution < -0.4 is 11.1 Å². The van der Waals surface area contributed by atoms with Gasteiger partial charge in [-0.15, -0.1) is 0 Å². The summed E-state index contributed by atoms with van der Waals surface area (Å²) < 4.78 is 5.17. The minimum Gasteiger partial charge on any atom is -0.379 e. The summed E-state index contributed by atoms with van der Waals surface area (Å²) in [6.45, 7) is 3.14. The highest BCUT2D eigenvalue weighted by molar-refractivity contribution is 5.87. The molecule has 4 heteroatoms. The molecule has 1 aliphatic heterocycles. The van der Waals surface area contributed by atoms with Gasteiger partial charge in [-0.2, -0.15) is 0 Å². The fourth-order valence-electron chi connectivity index (χ4n) is 2.19. The molecular weight excluding hydrogens is 192 g/mol. The first kappa shape index (κ1) is 10.9. The van der Waals surface area contributed by atoms with Gasteiger partial charge in [0, 0.05) is 12.6 Å². The summed E-state index contributed by atoms with van der Waals surface area (Å²) in [5, 5.41) is 3.03. The molecule has 0 spiro atoms. The third-order valence-corrected chi connectivity index (χ3v) is 3.40. The van der Waals surface area contributed by atoms with Crippen molar-refractivity contribution in [2.24, 2.45) is 11.7 Å². The molecule has 4 nitrogen and oxygen atoms in total. The predicted molar refractivity (Wildman–Crippen MR) is 57.3 cm³/mol. The standard InChI is InChI=1S/C11H20N2O2/c1-2-3-8-6-9(8)13-10(14)11(12)4-5-15-7-11/h8-9H,2-7,12H2,1H3,(H,13,14). The Kier molecular flexibility index (Phi) is 2.98. The number of hydrogen-bond acceptors (Lipinski definition) is 3. The second-order valence-electron chi connectivity index (χ2n) is 4.82. The van der Waals surface area contributed by atoms with Crippen molar-refractivity contribution in [1.29, 1.82) is 0 Å².